The van der Waals surface area contributed by atoms with Crippen LogP contribution in [0, 0.1) is 0 Å². The van der Waals surface area contributed by atoms with E-state index in [1.165, 1.54) is 0 Å². The molecule has 15 heavy (non-hydrogen) atoms. The van der Waals surface area contributed by atoms with E-state index in [2.05, 4.69) is 0 Å². The summed E-state index contributed by atoms with van der Waals surface area (Å²) in [5, 5.41) is 9.56. The van der Waals surface area contributed by atoms with Crippen LogP contribution in [-0.2, 0) is 14.2 Å². The number of ether oxygens (including phenoxy) is 3. The number of fused-ring (bicyclic) bond motifs is 1. The van der Waals surface area contributed by atoms with Gasteiger partial charge in [0.1, 0.15) is 18.3 Å². The lowest BCUT2D eigenvalue weighted by Crippen LogP contribution is -2.61. The predicted octanol–water partition coefficient (Wildman–Crippen LogP) is -1.49. The highest BCUT2D eigenvalue weighted by Gasteiger charge is 2.53. The van der Waals surface area contributed by atoms with Crippen molar-refractivity contribution in [1.29, 1.82) is 0 Å². The molecule has 1 unspecified atom stereocenters. The van der Waals surface area contributed by atoms with Gasteiger partial charge in [0.25, 0.3) is 0 Å². The third-order valence-electron chi connectivity index (χ3n) is 2.79. The molecule has 6 nitrogen and oxygen atoms in total. The molecule has 0 aliphatic carbocycles. The maximum absolute atomic E-state index is 9.56. The van der Waals surface area contributed by atoms with E-state index in [9.17, 15) is 5.11 Å². The van der Waals surface area contributed by atoms with Gasteiger partial charge in [-0.05, 0) is 13.8 Å². The van der Waals surface area contributed by atoms with Crippen molar-refractivity contribution in [2.24, 2.45) is 11.5 Å². The van der Waals surface area contributed by atoms with E-state index in [4.69, 9.17) is 25.7 Å². The number of aliphatic hydroxyl groups excluding tert-OH is 1. The third kappa shape index (κ3) is 1.89. The normalized spacial score (nSPS) is 49.0. The fourth-order valence-electron chi connectivity index (χ4n) is 2.10. The summed E-state index contributed by atoms with van der Waals surface area (Å²) < 4.78 is 16.5. The van der Waals surface area contributed by atoms with E-state index in [0.29, 0.717) is 0 Å². The first-order valence-corrected chi connectivity index (χ1v) is 5.09. The maximum atomic E-state index is 9.56. The van der Waals surface area contributed by atoms with Crippen molar-refractivity contribution in [1.82, 2.24) is 0 Å². The van der Waals surface area contributed by atoms with Gasteiger partial charge in [0.2, 0.25) is 0 Å². The molecule has 0 aromatic heterocycles. The van der Waals surface area contributed by atoms with Crippen molar-refractivity contribution in [2.75, 3.05) is 6.54 Å². The summed E-state index contributed by atoms with van der Waals surface area (Å²) >= 11 is 0. The van der Waals surface area contributed by atoms with E-state index in [-0.39, 0.29) is 24.9 Å². The molecule has 2 saturated heterocycles. The van der Waals surface area contributed by atoms with Gasteiger partial charge in [-0.1, -0.05) is 0 Å². The Morgan fingerprint density at radius 2 is 1.87 bits per heavy atom. The Bertz CT molecular complexity index is 240. The van der Waals surface area contributed by atoms with Gasteiger partial charge in [-0.25, -0.2) is 0 Å². The molecule has 5 atom stereocenters. The predicted molar refractivity (Wildman–Crippen MR) is 51.7 cm³/mol. The van der Waals surface area contributed by atoms with Crippen LogP contribution in [0.2, 0.25) is 0 Å². The minimum Gasteiger partial charge on any atom is -0.367 e. The summed E-state index contributed by atoms with van der Waals surface area (Å²) in [5.41, 5.74) is 11.3. The zero-order valence-corrected chi connectivity index (χ0v) is 8.92. The number of aliphatic hydroxyl groups is 1. The summed E-state index contributed by atoms with van der Waals surface area (Å²) in [7, 11) is 0. The Labute approximate surface area is 88.5 Å². The van der Waals surface area contributed by atoms with E-state index in [1.807, 2.05) is 0 Å². The SMILES string of the molecule is CC1(C)O[C@@H]2[C@H](O1)[C@H](N)C(O)O[C@@H]2CN. The molecular weight excluding hydrogens is 200 g/mol. The van der Waals surface area contributed by atoms with Crippen molar-refractivity contribution in [3.8, 4) is 0 Å². The third-order valence-corrected chi connectivity index (χ3v) is 2.79. The van der Waals surface area contributed by atoms with Crippen LogP contribution in [0.4, 0.5) is 0 Å². The topological polar surface area (TPSA) is 100.0 Å². The van der Waals surface area contributed by atoms with Crippen LogP contribution in [0.3, 0.4) is 0 Å². The molecule has 0 saturated carbocycles. The molecule has 5 N–H and O–H groups in total. The van der Waals surface area contributed by atoms with Crippen LogP contribution in [0.15, 0.2) is 0 Å². The zero-order valence-electron chi connectivity index (χ0n) is 8.92. The fraction of sp³-hybridized carbons (Fsp3) is 1.00. The van der Waals surface area contributed by atoms with Gasteiger partial charge >= 0.3 is 0 Å². The fourth-order valence-corrected chi connectivity index (χ4v) is 2.10. The highest BCUT2D eigenvalue weighted by Crippen LogP contribution is 2.35. The molecule has 2 aliphatic rings. The van der Waals surface area contributed by atoms with Gasteiger partial charge in [0.15, 0.2) is 12.1 Å². The molecule has 6 heteroatoms. The lowest BCUT2D eigenvalue weighted by atomic mass is 9.98. The van der Waals surface area contributed by atoms with E-state index < -0.39 is 18.1 Å². The van der Waals surface area contributed by atoms with Crippen molar-refractivity contribution in [3.63, 3.8) is 0 Å². The molecule has 0 aromatic rings. The van der Waals surface area contributed by atoms with Gasteiger partial charge in [0, 0.05) is 6.54 Å². The number of hydrogen-bond acceptors (Lipinski definition) is 6. The summed E-state index contributed by atoms with van der Waals surface area (Å²) in [5.74, 6) is -0.701. The molecule has 0 aromatic carbocycles. The monoisotopic (exact) mass is 218 g/mol. The van der Waals surface area contributed by atoms with Gasteiger partial charge in [-0.2, -0.15) is 0 Å². The summed E-state index contributed by atoms with van der Waals surface area (Å²) in [4.78, 5) is 0. The van der Waals surface area contributed by atoms with Crippen molar-refractivity contribution in [2.45, 2.75) is 50.3 Å². The summed E-state index contributed by atoms with van der Waals surface area (Å²) in [6, 6.07) is -0.598. The molecular formula is C9H18N2O4. The minimum absolute atomic E-state index is 0.268. The Balaban J connectivity index is 2.18. The molecule has 0 bridgehead atoms. The van der Waals surface area contributed by atoms with Gasteiger partial charge in [-0.15, -0.1) is 0 Å². The molecule has 0 amide bonds. The molecule has 2 fully saturated rings. The maximum Gasteiger partial charge on any atom is 0.172 e. The molecule has 2 heterocycles. The number of nitrogens with two attached hydrogens (primary N) is 2. The first-order valence-electron chi connectivity index (χ1n) is 5.09. The van der Waals surface area contributed by atoms with Crippen LogP contribution in [0.1, 0.15) is 13.8 Å². The van der Waals surface area contributed by atoms with E-state index in [1.54, 1.807) is 13.8 Å². The van der Waals surface area contributed by atoms with Gasteiger partial charge in [0.05, 0.1) is 6.04 Å². The van der Waals surface area contributed by atoms with E-state index >= 15 is 0 Å². The lowest BCUT2D eigenvalue weighted by molar-refractivity contribution is -0.215. The standard InChI is InChI=1S/C9H18N2O4/c1-9(2)14-6-4(3-10)13-8(12)5(11)7(6)15-9/h4-8,12H,3,10-11H2,1-2H3/t4-,5+,6+,7-,8?/m1/s1. The molecule has 2 aliphatic heterocycles. The van der Waals surface area contributed by atoms with Crippen LogP contribution in [-0.4, -0.2) is 48.1 Å². The van der Waals surface area contributed by atoms with Crippen molar-refractivity contribution >= 4 is 0 Å². The summed E-state index contributed by atoms with van der Waals surface area (Å²) in [6.07, 6.45) is -2.08. The highest BCUT2D eigenvalue weighted by molar-refractivity contribution is 4.98. The Kier molecular flexibility index (Phi) is 2.74. The molecule has 0 spiro atoms. The molecule has 88 valence electrons. The quantitative estimate of drug-likeness (QED) is 0.496. The van der Waals surface area contributed by atoms with Crippen LogP contribution < -0.4 is 11.5 Å². The second-order valence-electron chi connectivity index (χ2n) is 4.44. The average Bonchev–Trinajstić information content (AvgIpc) is 2.48. The first kappa shape index (κ1) is 11.3. The van der Waals surface area contributed by atoms with Gasteiger partial charge in [-0.3, -0.25) is 0 Å². The first-order chi connectivity index (χ1) is 6.94. The Hall–Kier alpha value is -0.240. The van der Waals surface area contributed by atoms with Crippen LogP contribution in [0.25, 0.3) is 0 Å². The van der Waals surface area contributed by atoms with Crippen LogP contribution in [0.5, 0.6) is 0 Å². The Morgan fingerprint density at radius 3 is 2.47 bits per heavy atom. The van der Waals surface area contributed by atoms with Crippen molar-refractivity contribution < 1.29 is 19.3 Å². The average molecular weight is 218 g/mol. The minimum atomic E-state index is -1.04. The van der Waals surface area contributed by atoms with Crippen LogP contribution >= 0.6 is 0 Å². The number of rotatable bonds is 1. The summed E-state index contributed by atoms with van der Waals surface area (Å²) in [6.45, 7) is 3.88. The highest BCUT2D eigenvalue weighted by atomic mass is 16.8. The largest absolute Gasteiger partial charge is 0.367 e. The molecule has 0 radical (unpaired) electrons. The van der Waals surface area contributed by atoms with Gasteiger partial charge < -0.3 is 30.8 Å². The molecule has 2 rings (SSSR count). The Morgan fingerprint density at radius 1 is 1.27 bits per heavy atom. The second kappa shape index (κ2) is 3.65. The number of hydrogen-bond donors (Lipinski definition) is 3. The van der Waals surface area contributed by atoms with Crippen molar-refractivity contribution in [3.05, 3.63) is 0 Å². The smallest absolute Gasteiger partial charge is 0.172 e. The second-order valence-corrected chi connectivity index (χ2v) is 4.44. The lowest BCUT2D eigenvalue weighted by Gasteiger charge is -2.37. The van der Waals surface area contributed by atoms with E-state index in [0.717, 1.165) is 0 Å². The zero-order chi connectivity index (χ0) is 11.2.